The second kappa shape index (κ2) is 4.77. The molecule has 0 spiro atoms. The Kier molecular flexibility index (Phi) is 4.03. The van der Waals surface area contributed by atoms with Gasteiger partial charge in [-0.15, -0.1) is 0 Å². The predicted molar refractivity (Wildman–Crippen MR) is 66.2 cm³/mol. The highest BCUT2D eigenvalue weighted by atomic mass is 16.5. The minimum Gasteiger partial charge on any atom is -0.461 e. The smallest absolute Gasteiger partial charge is 0.311 e. The van der Waals surface area contributed by atoms with Crippen molar-refractivity contribution in [2.75, 3.05) is 0 Å². The Morgan fingerprint density at radius 1 is 1.38 bits per heavy atom. The Morgan fingerprint density at radius 3 is 2.50 bits per heavy atom. The van der Waals surface area contributed by atoms with E-state index < -0.39 is 0 Å². The molecule has 1 rings (SSSR count). The van der Waals surface area contributed by atoms with Crippen LogP contribution in [0.4, 0.5) is 0 Å². The molecule has 1 aliphatic rings. The summed E-state index contributed by atoms with van der Waals surface area (Å²) in [6, 6.07) is 0. The summed E-state index contributed by atoms with van der Waals surface area (Å²) in [6.45, 7) is 10.4. The van der Waals surface area contributed by atoms with Crippen LogP contribution in [-0.4, -0.2) is 12.1 Å². The van der Waals surface area contributed by atoms with Crippen LogP contribution in [0.3, 0.4) is 0 Å². The van der Waals surface area contributed by atoms with Crippen LogP contribution >= 0.6 is 0 Å². The van der Waals surface area contributed by atoms with Gasteiger partial charge in [-0.1, -0.05) is 27.2 Å². The van der Waals surface area contributed by atoms with Gasteiger partial charge in [0.05, 0.1) is 5.41 Å². The van der Waals surface area contributed by atoms with Gasteiger partial charge in [0.25, 0.3) is 0 Å². The predicted octanol–water partition coefficient (Wildman–Crippen LogP) is 3.93. The van der Waals surface area contributed by atoms with Gasteiger partial charge in [-0.2, -0.15) is 0 Å². The summed E-state index contributed by atoms with van der Waals surface area (Å²) in [7, 11) is 0. The zero-order chi connectivity index (χ0) is 12.4. The quantitative estimate of drug-likeness (QED) is 0.681. The van der Waals surface area contributed by atoms with Crippen molar-refractivity contribution in [1.82, 2.24) is 0 Å². The number of ether oxygens (including phenoxy) is 1. The lowest BCUT2D eigenvalue weighted by Crippen LogP contribution is -2.40. The van der Waals surface area contributed by atoms with Gasteiger partial charge in [-0.3, -0.25) is 4.79 Å². The molecule has 94 valence electrons. The van der Waals surface area contributed by atoms with E-state index in [-0.39, 0.29) is 22.9 Å². The SMILES string of the molecule is CCC(C)(C)C(=O)OC1CCCCC1(C)C. The lowest BCUT2D eigenvalue weighted by atomic mass is 9.75. The molecule has 0 aliphatic heterocycles. The molecule has 0 amide bonds. The van der Waals surface area contributed by atoms with Gasteiger partial charge < -0.3 is 4.74 Å². The minimum absolute atomic E-state index is 0.0324. The van der Waals surface area contributed by atoms with Crippen LogP contribution in [0.5, 0.6) is 0 Å². The Labute approximate surface area is 99.8 Å². The molecular weight excluding hydrogens is 200 g/mol. The third-order valence-corrected chi connectivity index (χ3v) is 4.09. The normalized spacial score (nSPS) is 25.2. The first-order chi connectivity index (χ1) is 7.29. The molecule has 2 nitrogen and oxygen atoms in total. The van der Waals surface area contributed by atoms with E-state index in [1.54, 1.807) is 0 Å². The number of carbonyl (C=O) groups excluding carboxylic acids is 1. The van der Waals surface area contributed by atoms with Crippen molar-refractivity contribution in [2.24, 2.45) is 10.8 Å². The summed E-state index contributed by atoms with van der Waals surface area (Å²) < 4.78 is 5.72. The van der Waals surface area contributed by atoms with Gasteiger partial charge >= 0.3 is 5.97 Å². The van der Waals surface area contributed by atoms with E-state index in [4.69, 9.17) is 4.74 Å². The van der Waals surface area contributed by atoms with Crippen LogP contribution in [0, 0.1) is 10.8 Å². The Balaban J connectivity index is 2.62. The number of hydrogen-bond acceptors (Lipinski definition) is 2. The molecule has 0 aromatic carbocycles. The van der Waals surface area contributed by atoms with Gasteiger partial charge in [-0.05, 0) is 39.5 Å². The van der Waals surface area contributed by atoms with E-state index in [0.29, 0.717) is 0 Å². The molecule has 2 heteroatoms. The maximum Gasteiger partial charge on any atom is 0.311 e. The van der Waals surface area contributed by atoms with Gasteiger partial charge in [-0.25, -0.2) is 0 Å². The maximum absolute atomic E-state index is 12.0. The molecule has 1 fully saturated rings. The lowest BCUT2D eigenvalue weighted by molar-refractivity contribution is -0.168. The molecule has 16 heavy (non-hydrogen) atoms. The fourth-order valence-electron chi connectivity index (χ4n) is 2.11. The van der Waals surface area contributed by atoms with Crippen LogP contribution < -0.4 is 0 Å². The van der Waals surface area contributed by atoms with Crippen LogP contribution in [0.1, 0.15) is 66.7 Å². The molecule has 1 atom stereocenters. The van der Waals surface area contributed by atoms with Crippen LogP contribution in [-0.2, 0) is 9.53 Å². The van der Waals surface area contributed by atoms with E-state index in [1.165, 1.54) is 12.8 Å². The molecule has 0 aromatic rings. The molecular formula is C14H26O2. The summed E-state index contributed by atoms with van der Waals surface area (Å²) in [5.74, 6) is -0.0324. The molecule has 1 saturated carbocycles. The Bertz CT molecular complexity index is 253. The maximum atomic E-state index is 12.0. The molecule has 1 aliphatic carbocycles. The highest BCUT2D eigenvalue weighted by Crippen LogP contribution is 2.38. The zero-order valence-corrected chi connectivity index (χ0v) is 11.4. The Hall–Kier alpha value is -0.530. The summed E-state index contributed by atoms with van der Waals surface area (Å²) in [5, 5.41) is 0. The van der Waals surface area contributed by atoms with E-state index in [9.17, 15) is 4.79 Å². The van der Waals surface area contributed by atoms with Crippen molar-refractivity contribution in [3.63, 3.8) is 0 Å². The largest absolute Gasteiger partial charge is 0.461 e. The van der Waals surface area contributed by atoms with Crippen molar-refractivity contribution >= 4 is 5.97 Å². The van der Waals surface area contributed by atoms with Crippen LogP contribution in [0.2, 0.25) is 0 Å². The second-order valence-corrected chi connectivity index (χ2v) is 6.37. The van der Waals surface area contributed by atoms with E-state index in [2.05, 4.69) is 13.8 Å². The third kappa shape index (κ3) is 2.99. The highest BCUT2D eigenvalue weighted by molar-refractivity contribution is 5.76. The van der Waals surface area contributed by atoms with Crippen LogP contribution in [0.25, 0.3) is 0 Å². The first kappa shape index (κ1) is 13.5. The van der Waals surface area contributed by atoms with Crippen LogP contribution in [0.15, 0.2) is 0 Å². The molecule has 0 heterocycles. The van der Waals surface area contributed by atoms with Gasteiger partial charge in [0.15, 0.2) is 0 Å². The molecule has 0 aromatic heterocycles. The third-order valence-electron chi connectivity index (χ3n) is 4.09. The monoisotopic (exact) mass is 226 g/mol. The fraction of sp³-hybridized carbons (Fsp3) is 0.929. The van der Waals surface area contributed by atoms with Crippen molar-refractivity contribution in [3.05, 3.63) is 0 Å². The molecule has 0 radical (unpaired) electrons. The molecule has 0 bridgehead atoms. The topological polar surface area (TPSA) is 26.3 Å². The zero-order valence-electron chi connectivity index (χ0n) is 11.4. The molecule has 1 unspecified atom stereocenters. The summed E-state index contributed by atoms with van der Waals surface area (Å²) in [4.78, 5) is 12.0. The van der Waals surface area contributed by atoms with Gasteiger partial charge in [0.1, 0.15) is 6.10 Å². The first-order valence-electron chi connectivity index (χ1n) is 6.51. The van der Waals surface area contributed by atoms with E-state index in [1.807, 2.05) is 20.8 Å². The number of rotatable bonds is 3. The summed E-state index contributed by atoms with van der Waals surface area (Å²) >= 11 is 0. The van der Waals surface area contributed by atoms with E-state index in [0.717, 1.165) is 19.3 Å². The number of carbonyl (C=O) groups is 1. The fourth-order valence-corrected chi connectivity index (χ4v) is 2.11. The lowest BCUT2D eigenvalue weighted by Gasteiger charge is -2.39. The van der Waals surface area contributed by atoms with Gasteiger partial charge in [0, 0.05) is 5.41 Å². The second-order valence-electron chi connectivity index (χ2n) is 6.37. The molecule has 0 saturated heterocycles. The minimum atomic E-state index is -0.340. The standard InChI is InChI=1S/C14H26O2/c1-6-13(2,3)12(15)16-11-9-7-8-10-14(11,4)5/h11H,6-10H2,1-5H3. The van der Waals surface area contributed by atoms with Crippen molar-refractivity contribution in [3.8, 4) is 0 Å². The average molecular weight is 226 g/mol. The molecule has 0 N–H and O–H groups in total. The van der Waals surface area contributed by atoms with Crippen molar-refractivity contribution < 1.29 is 9.53 Å². The van der Waals surface area contributed by atoms with E-state index >= 15 is 0 Å². The first-order valence-corrected chi connectivity index (χ1v) is 6.51. The summed E-state index contributed by atoms with van der Waals surface area (Å²) in [6.07, 6.45) is 5.58. The van der Waals surface area contributed by atoms with Crippen molar-refractivity contribution in [2.45, 2.75) is 72.8 Å². The van der Waals surface area contributed by atoms with Gasteiger partial charge in [0.2, 0.25) is 0 Å². The number of hydrogen-bond donors (Lipinski definition) is 0. The average Bonchev–Trinajstić information content (AvgIpc) is 2.21. The highest BCUT2D eigenvalue weighted by Gasteiger charge is 2.38. The number of esters is 1. The van der Waals surface area contributed by atoms with Crippen molar-refractivity contribution in [1.29, 1.82) is 0 Å². The summed E-state index contributed by atoms with van der Waals surface area (Å²) in [5.41, 5.74) is -0.189. The Morgan fingerprint density at radius 2 is 2.00 bits per heavy atom.